The summed E-state index contributed by atoms with van der Waals surface area (Å²) in [7, 11) is -1.32. The number of carbonyl (C=O) groups is 1. The summed E-state index contributed by atoms with van der Waals surface area (Å²) in [4.78, 5) is 16.9. The second-order valence-electron chi connectivity index (χ2n) is 5.18. The van der Waals surface area contributed by atoms with Crippen molar-refractivity contribution >= 4 is 21.5 Å². The minimum atomic E-state index is -3.05. The molecule has 0 saturated heterocycles. The topological polar surface area (TPSA) is 99.9 Å². The van der Waals surface area contributed by atoms with Crippen LogP contribution >= 0.6 is 0 Å². The maximum absolute atomic E-state index is 12.6. The summed E-state index contributed by atoms with van der Waals surface area (Å²) in [5.41, 5.74) is 1.79. The maximum atomic E-state index is 12.6. The minimum absolute atomic E-state index is 0.271. The number of anilines is 1. The second-order valence-corrected chi connectivity index (χ2v) is 7.02. The van der Waals surface area contributed by atoms with Gasteiger partial charge in [-0.15, -0.1) is 0 Å². The number of amides is 1. The lowest BCUT2D eigenvalue weighted by molar-refractivity contribution is 0.101. The minimum Gasteiger partial charge on any atom is -0.345 e. The van der Waals surface area contributed by atoms with E-state index in [1.165, 1.54) is 0 Å². The normalized spacial score (nSPS) is 21.0. The van der Waals surface area contributed by atoms with Crippen LogP contribution < -0.4 is 10.0 Å². The number of fused-ring (bicyclic) bond motifs is 1. The van der Waals surface area contributed by atoms with Gasteiger partial charge in [-0.25, -0.2) is 13.7 Å². The third-order valence-electron chi connectivity index (χ3n) is 3.62. The van der Waals surface area contributed by atoms with Crippen molar-refractivity contribution in [3.63, 3.8) is 0 Å². The molecule has 0 aromatic carbocycles. The Morgan fingerprint density at radius 3 is 2.91 bits per heavy atom. The molecule has 1 atom stereocenters. The van der Waals surface area contributed by atoms with Crippen molar-refractivity contribution < 1.29 is 9.00 Å². The molecule has 2 aromatic heterocycles. The average molecular weight is 319 g/mol. The van der Waals surface area contributed by atoms with Crippen LogP contribution in [0.25, 0.3) is 0 Å². The third-order valence-corrected chi connectivity index (χ3v) is 5.20. The van der Waals surface area contributed by atoms with Gasteiger partial charge in [0.2, 0.25) is 0 Å². The fraction of sp³-hybridized carbons (Fsp3) is 0.286. The molecule has 8 heteroatoms. The lowest BCUT2D eigenvalue weighted by Gasteiger charge is -2.08. The molecule has 3 rings (SSSR count). The summed E-state index contributed by atoms with van der Waals surface area (Å²) in [6, 6.07) is 3.41. The Balaban J connectivity index is 2.01. The number of hydrogen-bond acceptors (Lipinski definition) is 4. The molecule has 3 heterocycles. The van der Waals surface area contributed by atoms with Crippen LogP contribution in [0.15, 0.2) is 35.6 Å². The number of hydrogen-bond donors (Lipinski definition) is 3. The van der Waals surface area contributed by atoms with Gasteiger partial charge in [-0.2, -0.15) is 0 Å². The van der Waals surface area contributed by atoms with Crippen molar-refractivity contribution in [2.24, 2.45) is 7.05 Å². The summed E-state index contributed by atoms with van der Waals surface area (Å²) in [6.07, 6.45) is 6.17. The molecule has 0 spiro atoms. The highest BCUT2D eigenvalue weighted by molar-refractivity contribution is 7.90. The van der Waals surface area contributed by atoms with Crippen LogP contribution in [0.1, 0.15) is 22.5 Å². The van der Waals surface area contributed by atoms with Crippen molar-refractivity contribution in [3.05, 3.63) is 42.0 Å². The van der Waals surface area contributed by atoms with E-state index in [-0.39, 0.29) is 5.91 Å². The molecule has 1 unspecified atom stereocenters. The van der Waals surface area contributed by atoms with Crippen LogP contribution in [0.5, 0.6) is 0 Å². The fourth-order valence-electron chi connectivity index (χ4n) is 2.62. The highest BCUT2D eigenvalue weighted by Gasteiger charge is 2.27. The Hall–Kier alpha value is -2.19. The Bertz CT molecular complexity index is 811. The molecule has 116 valence electrons. The van der Waals surface area contributed by atoms with Crippen molar-refractivity contribution in [2.45, 2.75) is 17.7 Å². The average Bonchev–Trinajstić information content (AvgIpc) is 2.75. The van der Waals surface area contributed by atoms with Gasteiger partial charge in [0, 0.05) is 43.4 Å². The molecule has 0 aliphatic carbocycles. The first-order valence-electron chi connectivity index (χ1n) is 6.92. The van der Waals surface area contributed by atoms with Crippen LogP contribution in [-0.2, 0) is 23.4 Å². The van der Waals surface area contributed by atoms with Gasteiger partial charge >= 0.3 is 0 Å². The molecular weight excluding hydrogens is 302 g/mol. The van der Waals surface area contributed by atoms with Gasteiger partial charge in [-0.05, 0) is 25.0 Å². The molecule has 0 saturated carbocycles. The molecule has 7 nitrogen and oxygen atoms in total. The monoisotopic (exact) mass is 319 g/mol. The summed E-state index contributed by atoms with van der Waals surface area (Å²) in [5, 5.41) is 2.81. The van der Waals surface area contributed by atoms with E-state index in [1.807, 2.05) is 0 Å². The first-order valence-corrected chi connectivity index (χ1v) is 8.48. The molecule has 0 bridgehead atoms. The van der Waals surface area contributed by atoms with Crippen molar-refractivity contribution in [1.82, 2.24) is 14.3 Å². The number of nitrogens with zero attached hydrogens (tertiary/aromatic N) is 2. The molecule has 0 fully saturated rings. The molecule has 1 aliphatic rings. The largest absolute Gasteiger partial charge is 0.345 e. The first-order chi connectivity index (χ1) is 10.5. The van der Waals surface area contributed by atoms with Gasteiger partial charge in [0.25, 0.3) is 5.91 Å². The molecule has 2 aromatic rings. The summed E-state index contributed by atoms with van der Waals surface area (Å²) < 4.78 is 24.8. The van der Waals surface area contributed by atoms with Gasteiger partial charge < -0.3 is 9.88 Å². The van der Waals surface area contributed by atoms with Gasteiger partial charge in [0.05, 0.1) is 4.90 Å². The Morgan fingerprint density at radius 2 is 2.18 bits per heavy atom. The lowest BCUT2D eigenvalue weighted by Crippen LogP contribution is -2.21. The van der Waals surface area contributed by atoms with Crippen LogP contribution in [-0.4, -0.2) is 26.2 Å². The Labute approximate surface area is 128 Å². The fourth-order valence-corrected chi connectivity index (χ4v) is 4.06. The zero-order chi connectivity index (χ0) is 15.7. The van der Waals surface area contributed by atoms with Crippen LogP contribution in [0.4, 0.5) is 5.69 Å². The number of pyridine rings is 1. The van der Waals surface area contributed by atoms with E-state index in [2.05, 4.69) is 15.0 Å². The number of rotatable bonds is 2. The predicted molar refractivity (Wildman–Crippen MR) is 83.1 cm³/mol. The van der Waals surface area contributed by atoms with E-state index in [0.29, 0.717) is 34.8 Å². The van der Waals surface area contributed by atoms with Gasteiger partial charge in [-0.3, -0.25) is 9.78 Å². The Morgan fingerprint density at radius 1 is 1.45 bits per heavy atom. The quantitative estimate of drug-likeness (QED) is 0.782. The highest BCUT2D eigenvalue weighted by Crippen LogP contribution is 2.26. The number of nitrogens with one attached hydrogen (secondary N) is 3. The zero-order valence-electron chi connectivity index (χ0n) is 12.1. The number of aromatic nitrogens is 2. The molecule has 1 amide bonds. The zero-order valence-corrected chi connectivity index (χ0v) is 12.9. The van der Waals surface area contributed by atoms with E-state index in [1.54, 1.807) is 42.3 Å². The molecule has 1 aliphatic heterocycles. The standard InChI is InChI=1S/C14H17N5O2S/c1-19-9-12-11(3-2-6-17-22(12,15)21)13(19)14(20)18-10-4-7-16-8-5-10/h4-5,7-9H,2-3,6H2,1H3,(H2,15,17,21)(H,16,18,20). The Kier molecular flexibility index (Phi) is 3.71. The number of carbonyl (C=O) groups excluding carboxylic acids is 1. The number of aryl methyl sites for hydroxylation is 1. The van der Waals surface area contributed by atoms with E-state index >= 15 is 0 Å². The van der Waals surface area contributed by atoms with Crippen molar-refractivity contribution in [2.75, 3.05) is 11.9 Å². The van der Waals surface area contributed by atoms with Crippen molar-refractivity contribution in [3.8, 4) is 0 Å². The summed E-state index contributed by atoms with van der Waals surface area (Å²) >= 11 is 0. The smallest absolute Gasteiger partial charge is 0.272 e. The second kappa shape index (κ2) is 5.54. The van der Waals surface area contributed by atoms with E-state index in [9.17, 15) is 9.00 Å². The molecular formula is C14H17N5O2S. The SMILES string of the molecule is Cn1cc2c(c1C(=O)Nc1ccncc1)CCCNS2(=N)=O. The summed E-state index contributed by atoms with van der Waals surface area (Å²) in [5.74, 6) is -0.271. The molecule has 22 heavy (non-hydrogen) atoms. The third kappa shape index (κ3) is 2.62. The highest BCUT2D eigenvalue weighted by atomic mass is 32.2. The molecule has 0 radical (unpaired) electrons. The predicted octanol–water partition coefficient (Wildman–Crippen LogP) is 1.53. The van der Waals surface area contributed by atoms with Crippen LogP contribution in [0.2, 0.25) is 0 Å². The first kappa shape index (κ1) is 14.7. The van der Waals surface area contributed by atoms with Crippen LogP contribution in [0.3, 0.4) is 0 Å². The lowest BCUT2D eigenvalue weighted by atomic mass is 10.1. The maximum Gasteiger partial charge on any atom is 0.272 e. The van der Waals surface area contributed by atoms with Crippen LogP contribution in [0, 0.1) is 4.78 Å². The van der Waals surface area contributed by atoms with E-state index < -0.39 is 9.92 Å². The summed E-state index contributed by atoms with van der Waals surface area (Å²) in [6.45, 7) is 0.506. The van der Waals surface area contributed by atoms with Gasteiger partial charge in [0.15, 0.2) is 0 Å². The van der Waals surface area contributed by atoms with E-state index in [0.717, 1.165) is 6.42 Å². The molecule has 3 N–H and O–H groups in total. The van der Waals surface area contributed by atoms with Crippen molar-refractivity contribution in [1.29, 1.82) is 4.78 Å². The van der Waals surface area contributed by atoms with Gasteiger partial charge in [-0.1, -0.05) is 0 Å². The van der Waals surface area contributed by atoms with E-state index in [4.69, 9.17) is 4.78 Å². The van der Waals surface area contributed by atoms with Gasteiger partial charge in [0.1, 0.15) is 15.6 Å².